The zero-order chi connectivity index (χ0) is 15.0. The smallest absolute Gasteiger partial charge is 0.272 e. The number of amides is 1. The van der Waals surface area contributed by atoms with Crippen molar-refractivity contribution in [2.45, 2.75) is 20.8 Å². The molecular weight excluding hydrogens is 262 g/mol. The fraction of sp³-hybridized carbons (Fsp3) is 0.294. The Balaban J connectivity index is 2.22. The van der Waals surface area contributed by atoms with Crippen LogP contribution in [0, 0.1) is 6.92 Å². The first-order valence-electron chi connectivity index (χ1n) is 7.33. The van der Waals surface area contributed by atoms with E-state index < -0.39 is 0 Å². The fourth-order valence-electron chi connectivity index (χ4n) is 2.79. The van der Waals surface area contributed by atoms with Gasteiger partial charge in [0.1, 0.15) is 5.69 Å². The van der Waals surface area contributed by atoms with Gasteiger partial charge in [0.25, 0.3) is 5.91 Å². The third-order valence-corrected chi connectivity index (χ3v) is 3.95. The Morgan fingerprint density at radius 3 is 2.62 bits per heavy atom. The highest BCUT2D eigenvalue weighted by Gasteiger charge is 2.17. The standard InChI is InChI=1S/C17H19N3O/c1-4-20(5-2)17(21)15-10-13-12-8-6-7-9-14(12)19-16(13)11(3)18-15/h6-10,19H,4-5H2,1-3H3. The van der Waals surface area contributed by atoms with Crippen molar-refractivity contribution in [3.63, 3.8) is 0 Å². The SMILES string of the molecule is CCN(CC)C(=O)c1cc2c([nH]c3ccccc32)c(C)n1. The van der Waals surface area contributed by atoms with Gasteiger partial charge in [0.2, 0.25) is 0 Å². The highest BCUT2D eigenvalue weighted by atomic mass is 16.2. The van der Waals surface area contributed by atoms with Gasteiger partial charge in [-0.3, -0.25) is 4.79 Å². The molecule has 0 bridgehead atoms. The topological polar surface area (TPSA) is 49.0 Å². The Morgan fingerprint density at radius 1 is 1.19 bits per heavy atom. The van der Waals surface area contributed by atoms with Crippen LogP contribution in [0.1, 0.15) is 30.0 Å². The number of aryl methyl sites for hydroxylation is 1. The van der Waals surface area contributed by atoms with Crippen molar-refractivity contribution in [2.24, 2.45) is 0 Å². The number of pyridine rings is 1. The average Bonchev–Trinajstić information content (AvgIpc) is 2.88. The second kappa shape index (κ2) is 5.20. The molecule has 4 nitrogen and oxygen atoms in total. The van der Waals surface area contributed by atoms with Gasteiger partial charge in [0.15, 0.2) is 0 Å². The summed E-state index contributed by atoms with van der Waals surface area (Å²) < 4.78 is 0. The van der Waals surface area contributed by atoms with Crippen LogP contribution >= 0.6 is 0 Å². The largest absolute Gasteiger partial charge is 0.353 e. The number of aromatic amines is 1. The highest BCUT2D eigenvalue weighted by molar-refractivity contribution is 6.10. The molecule has 0 unspecified atom stereocenters. The van der Waals surface area contributed by atoms with Gasteiger partial charge in [-0.2, -0.15) is 0 Å². The molecule has 1 aromatic carbocycles. The molecule has 21 heavy (non-hydrogen) atoms. The van der Waals surface area contributed by atoms with Crippen molar-refractivity contribution >= 4 is 27.7 Å². The van der Waals surface area contributed by atoms with E-state index in [1.807, 2.05) is 45.0 Å². The molecule has 0 atom stereocenters. The molecule has 0 aliphatic rings. The summed E-state index contributed by atoms with van der Waals surface area (Å²) in [5, 5.41) is 2.19. The maximum Gasteiger partial charge on any atom is 0.272 e. The second-order valence-corrected chi connectivity index (χ2v) is 5.16. The van der Waals surface area contributed by atoms with Gasteiger partial charge >= 0.3 is 0 Å². The summed E-state index contributed by atoms with van der Waals surface area (Å²) in [5.41, 5.74) is 3.46. The quantitative estimate of drug-likeness (QED) is 0.798. The van der Waals surface area contributed by atoms with Crippen molar-refractivity contribution in [2.75, 3.05) is 13.1 Å². The Kier molecular flexibility index (Phi) is 3.37. The minimum absolute atomic E-state index is 0.00437. The van der Waals surface area contributed by atoms with Gasteiger partial charge < -0.3 is 9.88 Å². The lowest BCUT2D eigenvalue weighted by Crippen LogP contribution is -2.31. The second-order valence-electron chi connectivity index (χ2n) is 5.16. The minimum Gasteiger partial charge on any atom is -0.353 e. The van der Waals surface area contributed by atoms with Gasteiger partial charge in [-0.15, -0.1) is 0 Å². The highest BCUT2D eigenvalue weighted by Crippen LogP contribution is 2.27. The molecule has 1 N–H and O–H groups in total. The van der Waals surface area contributed by atoms with E-state index in [-0.39, 0.29) is 5.91 Å². The summed E-state index contributed by atoms with van der Waals surface area (Å²) in [6, 6.07) is 10.0. The molecule has 0 aliphatic carbocycles. The van der Waals surface area contributed by atoms with E-state index in [9.17, 15) is 4.79 Å². The van der Waals surface area contributed by atoms with Crippen molar-refractivity contribution in [3.8, 4) is 0 Å². The van der Waals surface area contributed by atoms with Crippen LogP contribution in [0.4, 0.5) is 0 Å². The van der Waals surface area contributed by atoms with Crippen molar-refractivity contribution in [3.05, 3.63) is 41.7 Å². The van der Waals surface area contributed by atoms with Crippen LogP contribution < -0.4 is 0 Å². The van der Waals surface area contributed by atoms with E-state index >= 15 is 0 Å². The molecule has 0 saturated carbocycles. The first-order valence-corrected chi connectivity index (χ1v) is 7.33. The number of rotatable bonds is 3. The lowest BCUT2D eigenvalue weighted by Gasteiger charge is -2.18. The number of nitrogens with one attached hydrogen (secondary N) is 1. The molecule has 0 spiro atoms. The van der Waals surface area contributed by atoms with Crippen molar-refractivity contribution < 1.29 is 4.79 Å². The van der Waals surface area contributed by atoms with Gasteiger partial charge in [0.05, 0.1) is 11.2 Å². The van der Waals surface area contributed by atoms with Gasteiger partial charge in [-0.05, 0) is 32.9 Å². The zero-order valence-corrected chi connectivity index (χ0v) is 12.6. The zero-order valence-electron chi connectivity index (χ0n) is 12.6. The molecule has 0 saturated heterocycles. The van der Waals surface area contributed by atoms with Crippen LogP contribution in [0.2, 0.25) is 0 Å². The number of nitrogens with zero attached hydrogens (tertiary/aromatic N) is 2. The predicted molar refractivity (Wildman–Crippen MR) is 85.6 cm³/mol. The molecule has 3 aromatic rings. The molecule has 108 valence electrons. The van der Waals surface area contributed by atoms with Gasteiger partial charge in [-0.1, -0.05) is 18.2 Å². The van der Waals surface area contributed by atoms with E-state index in [0.717, 1.165) is 27.5 Å². The number of H-pyrrole nitrogens is 1. The Labute approximate surface area is 123 Å². The monoisotopic (exact) mass is 281 g/mol. The number of carbonyl (C=O) groups excluding carboxylic acids is 1. The maximum absolute atomic E-state index is 12.5. The normalized spacial score (nSPS) is 11.2. The summed E-state index contributed by atoms with van der Waals surface area (Å²) in [6.45, 7) is 7.30. The number of benzene rings is 1. The molecule has 0 radical (unpaired) electrons. The summed E-state index contributed by atoms with van der Waals surface area (Å²) in [4.78, 5) is 22.2. The van der Waals surface area contributed by atoms with Crippen molar-refractivity contribution in [1.82, 2.24) is 14.9 Å². The average molecular weight is 281 g/mol. The minimum atomic E-state index is -0.00437. The number of hydrogen-bond donors (Lipinski definition) is 1. The summed E-state index contributed by atoms with van der Waals surface area (Å²) >= 11 is 0. The van der Waals surface area contributed by atoms with Crippen LogP contribution in [-0.4, -0.2) is 33.9 Å². The van der Waals surface area contributed by atoms with Crippen LogP contribution in [-0.2, 0) is 0 Å². The third-order valence-electron chi connectivity index (χ3n) is 3.95. The van der Waals surface area contributed by atoms with E-state index in [1.54, 1.807) is 4.90 Å². The number of para-hydroxylation sites is 1. The molecule has 2 aromatic heterocycles. The Bertz CT molecular complexity index is 815. The summed E-state index contributed by atoms with van der Waals surface area (Å²) in [7, 11) is 0. The number of hydrogen-bond acceptors (Lipinski definition) is 2. The first-order chi connectivity index (χ1) is 10.2. The lowest BCUT2D eigenvalue weighted by molar-refractivity contribution is 0.0767. The van der Waals surface area contributed by atoms with Crippen LogP contribution in [0.3, 0.4) is 0 Å². The number of aromatic nitrogens is 2. The molecule has 0 aliphatic heterocycles. The van der Waals surface area contributed by atoms with Crippen molar-refractivity contribution in [1.29, 1.82) is 0 Å². The summed E-state index contributed by atoms with van der Waals surface area (Å²) in [5.74, 6) is -0.00437. The molecule has 1 amide bonds. The Hall–Kier alpha value is -2.36. The lowest BCUT2D eigenvalue weighted by atomic mass is 10.1. The van der Waals surface area contributed by atoms with E-state index in [2.05, 4.69) is 16.0 Å². The number of fused-ring (bicyclic) bond motifs is 3. The van der Waals surface area contributed by atoms with Gasteiger partial charge in [-0.25, -0.2) is 4.98 Å². The van der Waals surface area contributed by atoms with Crippen LogP contribution in [0.25, 0.3) is 21.8 Å². The van der Waals surface area contributed by atoms with E-state index in [1.165, 1.54) is 0 Å². The van der Waals surface area contributed by atoms with Gasteiger partial charge in [0, 0.05) is 29.4 Å². The maximum atomic E-state index is 12.5. The van der Waals surface area contributed by atoms with E-state index in [0.29, 0.717) is 18.8 Å². The molecular formula is C17H19N3O. The fourth-order valence-corrected chi connectivity index (χ4v) is 2.79. The third kappa shape index (κ3) is 2.17. The molecule has 3 rings (SSSR count). The Morgan fingerprint density at radius 2 is 1.90 bits per heavy atom. The molecule has 2 heterocycles. The number of carbonyl (C=O) groups is 1. The van der Waals surface area contributed by atoms with Crippen LogP contribution in [0.5, 0.6) is 0 Å². The van der Waals surface area contributed by atoms with E-state index in [4.69, 9.17) is 0 Å². The molecule has 0 fully saturated rings. The van der Waals surface area contributed by atoms with Crippen LogP contribution in [0.15, 0.2) is 30.3 Å². The molecule has 4 heteroatoms. The predicted octanol–water partition coefficient (Wildman–Crippen LogP) is 3.51. The first kappa shape index (κ1) is 13.6. The summed E-state index contributed by atoms with van der Waals surface area (Å²) in [6.07, 6.45) is 0.